The van der Waals surface area contributed by atoms with E-state index in [1.165, 1.54) is 74.5 Å². The molecule has 5 nitrogen and oxygen atoms in total. The lowest BCUT2D eigenvalue weighted by atomic mass is 9.69. The zero-order valence-electron chi connectivity index (χ0n) is 22.2. The van der Waals surface area contributed by atoms with Crippen LogP contribution < -0.4 is 0 Å². The van der Waals surface area contributed by atoms with Crippen LogP contribution in [0.4, 0.5) is 0 Å². The van der Waals surface area contributed by atoms with Crippen molar-refractivity contribution in [2.75, 3.05) is 26.7 Å². The molecule has 3 aromatic rings. The fourth-order valence-electron chi connectivity index (χ4n) is 7.80. The van der Waals surface area contributed by atoms with E-state index < -0.39 is 0 Å². The highest BCUT2D eigenvalue weighted by Gasteiger charge is 2.48. The molecule has 4 heterocycles. The molecule has 0 spiro atoms. The summed E-state index contributed by atoms with van der Waals surface area (Å²) in [6.45, 7) is 5.62. The number of methoxy groups -OCH3 is 1. The Morgan fingerprint density at radius 3 is 2.59 bits per heavy atom. The highest BCUT2D eigenvalue weighted by molar-refractivity contribution is 5.84. The maximum atomic E-state index is 11.9. The quantitative estimate of drug-likeness (QED) is 0.372. The Bertz CT molecular complexity index is 1200. The number of carbonyl (C=O) groups excluding carboxylic acids is 1. The van der Waals surface area contributed by atoms with Gasteiger partial charge in [0.2, 0.25) is 0 Å². The van der Waals surface area contributed by atoms with Crippen LogP contribution in [0.2, 0.25) is 0 Å². The third-order valence-corrected chi connectivity index (χ3v) is 9.33. The van der Waals surface area contributed by atoms with Crippen LogP contribution in [0.5, 0.6) is 0 Å². The van der Waals surface area contributed by atoms with E-state index in [9.17, 15) is 4.79 Å². The van der Waals surface area contributed by atoms with Crippen molar-refractivity contribution in [2.24, 2.45) is 11.8 Å². The van der Waals surface area contributed by atoms with Crippen molar-refractivity contribution in [1.29, 1.82) is 0 Å². The molecule has 196 valence electrons. The molecule has 3 aliphatic rings. The minimum absolute atomic E-state index is 0.0767. The van der Waals surface area contributed by atoms with Crippen molar-refractivity contribution in [3.05, 3.63) is 71.9 Å². The third-order valence-electron chi connectivity index (χ3n) is 9.33. The highest BCUT2D eigenvalue weighted by atomic mass is 16.5. The molecular formula is C32H41N3O2. The summed E-state index contributed by atoms with van der Waals surface area (Å²) >= 11 is 0. The van der Waals surface area contributed by atoms with Gasteiger partial charge in [0, 0.05) is 55.2 Å². The van der Waals surface area contributed by atoms with Gasteiger partial charge in [-0.3, -0.25) is 14.6 Å². The molecule has 3 saturated heterocycles. The van der Waals surface area contributed by atoms with Crippen LogP contribution in [0.25, 0.3) is 10.9 Å². The summed E-state index contributed by atoms with van der Waals surface area (Å²) in [5, 5.41) is 1.38. The molecule has 3 fully saturated rings. The van der Waals surface area contributed by atoms with Gasteiger partial charge in [-0.2, -0.15) is 0 Å². The Morgan fingerprint density at radius 1 is 0.973 bits per heavy atom. The van der Waals surface area contributed by atoms with Crippen LogP contribution in [-0.2, 0) is 22.6 Å². The SMILES string of the molecule is COC(=O)CCC[C@@H]1[C@H]2CCCN3CCC[C@H](CN1Cc1cn(Cc4ccccc4)c4ccccc14)[C@@H]23. The van der Waals surface area contributed by atoms with Crippen molar-refractivity contribution < 1.29 is 9.53 Å². The lowest BCUT2D eigenvalue weighted by molar-refractivity contribution is -0.141. The van der Waals surface area contributed by atoms with Gasteiger partial charge in [-0.15, -0.1) is 0 Å². The molecule has 0 bridgehead atoms. The monoisotopic (exact) mass is 499 g/mol. The first-order chi connectivity index (χ1) is 18.2. The molecule has 0 saturated carbocycles. The number of carbonyl (C=O) groups is 1. The van der Waals surface area contributed by atoms with Gasteiger partial charge < -0.3 is 9.30 Å². The summed E-state index contributed by atoms with van der Waals surface area (Å²) in [5.74, 6) is 1.41. The highest BCUT2D eigenvalue weighted by Crippen LogP contribution is 2.44. The number of likely N-dealkylation sites (tertiary alicyclic amines) is 1. The fraction of sp³-hybridized carbons (Fsp3) is 0.531. The Hall–Kier alpha value is -2.63. The second-order valence-corrected chi connectivity index (χ2v) is 11.5. The molecular weight excluding hydrogens is 458 g/mol. The Labute approximate surface area is 221 Å². The van der Waals surface area contributed by atoms with Crippen LogP contribution in [0, 0.1) is 11.8 Å². The molecule has 1 aromatic heterocycles. The zero-order chi connectivity index (χ0) is 25.2. The number of esters is 1. The summed E-state index contributed by atoms with van der Waals surface area (Å²) < 4.78 is 7.40. The normalized spacial score (nSPS) is 26.2. The number of aromatic nitrogens is 1. The second-order valence-electron chi connectivity index (χ2n) is 11.5. The minimum Gasteiger partial charge on any atom is -0.469 e. The van der Waals surface area contributed by atoms with Crippen LogP contribution in [-0.4, -0.2) is 59.2 Å². The fourth-order valence-corrected chi connectivity index (χ4v) is 7.80. The molecule has 5 heteroatoms. The summed E-state index contributed by atoms with van der Waals surface area (Å²) in [5.41, 5.74) is 4.09. The number of fused-ring (bicyclic) bond motifs is 1. The van der Waals surface area contributed by atoms with Gasteiger partial charge in [-0.25, -0.2) is 0 Å². The smallest absolute Gasteiger partial charge is 0.305 e. The molecule has 4 atom stereocenters. The first-order valence-electron chi connectivity index (χ1n) is 14.4. The molecule has 0 amide bonds. The number of rotatable bonds is 8. The van der Waals surface area contributed by atoms with E-state index in [1.807, 2.05) is 0 Å². The molecule has 2 aromatic carbocycles. The van der Waals surface area contributed by atoms with E-state index in [0.29, 0.717) is 18.4 Å². The second kappa shape index (κ2) is 11.0. The molecule has 0 aliphatic carbocycles. The van der Waals surface area contributed by atoms with E-state index in [-0.39, 0.29) is 5.97 Å². The number of hydrogen-bond acceptors (Lipinski definition) is 4. The average Bonchev–Trinajstić information content (AvgIpc) is 3.27. The first-order valence-corrected chi connectivity index (χ1v) is 14.4. The molecule has 0 N–H and O–H groups in total. The van der Waals surface area contributed by atoms with Crippen LogP contribution >= 0.6 is 0 Å². The number of nitrogens with zero attached hydrogens (tertiary/aromatic N) is 3. The number of hydrogen-bond donors (Lipinski definition) is 0. The Balaban J connectivity index is 1.29. The maximum Gasteiger partial charge on any atom is 0.305 e. The maximum absolute atomic E-state index is 11.9. The Kier molecular flexibility index (Phi) is 7.34. The number of benzene rings is 2. The predicted molar refractivity (Wildman–Crippen MR) is 148 cm³/mol. The predicted octanol–water partition coefficient (Wildman–Crippen LogP) is 5.71. The van der Waals surface area contributed by atoms with Crippen molar-refractivity contribution in [3.8, 4) is 0 Å². The van der Waals surface area contributed by atoms with Gasteiger partial charge >= 0.3 is 5.97 Å². The van der Waals surface area contributed by atoms with Crippen molar-refractivity contribution in [3.63, 3.8) is 0 Å². The van der Waals surface area contributed by atoms with E-state index in [0.717, 1.165) is 37.9 Å². The minimum atomic E-state index is -0.0767. The lowest BCUT2D eigenvalue weighted by Crippen LogP contribution is -2.64. The number of piperidine rings is 3. The van der Waals surface area contributed by atoms with Gasteiger partial charge in [0.25, 0.3) is 0 Å². The topological polar surface area (TPSA) is 37.7 Å². The summed E-state index contributed by atoms with van der Waals surface area (Å²) in [7, 11) is 1.51. The lowest BCUT2D eigenvalue weighted by Gasteiger charge is -2.57. The van der Waals surface area contributed by atoms with E-state index in [4.69, 9.17) is 4.74 Å². The Morgan fingerprint density at radius 2 is 1.76 bits per heavy atom. The first kappa shape index (κ1) is 24.7. The molecule has 37 heavy (non-hydrogen) atoms. The van der Waals surface area contributed by atoms with Gasteiger partial charge in [-0.1, -0.05) is 48.5 Å². The van der Waals surface area contributed by atoms with E-state index >= 15 is 0 Å². The average molecular weight is 500 g/mol. The largest absolute Gasteiger partial charge is 0.469 e. The standard InChI is InChI=1S/C32H41N3O2/c1-37-31(36)17-7-16-30-28-14-9-19-33-18-8-12-25(32(28)33)21-35(30)23-26-22-34(20-24-10-3-2-4-11-24)29-15-6-5-13-27(26)29/h2-6,10-11,13,15,22,25,28,30,32H,7-9,12,14,16-21,23H2,1H3/t25-,28-,30-,32+/m1/s1. The zero-order valence-corrected chi connectivity index (χ0v) is 22.2. The van der Waals surface area contributed by atoms with Crippen molar-refractivity contribution >= 4 is 16.9 Å². The van der Waals surface area contributed by atoms with Crippen molar-refractivity contribution in [2.45, 2.75) is 70.1 Å². The molecule has 6 rings (SSSR count). The van der Waals surface area contributed by atoms with Gasteiger partial charge in [-0.05, 0) is 80.6 Å². The summed E-state index contributed by atoms with van der Waals surface area (Å²) in [6, 6.07) is 20.9. The van der Waals surface area contributed by atoms with E-state index in [1.54, 1.807) is 0 Å². The molecule has 0 unspecified atom stereocenters. The van der Waals surface area contributed by atoms with Gasteiger partial charge in [0.05, 0.1) is 7.11 Å². The number of ether oxygens (including phenoxy) is 1. The summed E-state index contributed by atoms with van der Waals surface area (Å²) in [4.78, 5) is 17.6. The summed E-state index contributed by atoms with van der Waals surface area (Å²) in [6.07, 6.45) is 10.3. The van der Waals surface area contributed by atoms with Crippen LogP contribution in [0.15, 0.2) is 60.8 Å². The van der Waals surface area contributed by atoms with Crippen LogP contribution in [0.1, 0.15) is 56.1 Å². The van der Waals surface area contributed by atoms with Crippen LogP contribution in [0.3, 0.4) is 0 Å². The molecule has 3 aliphatic heterocycles. The van der Waals surface area contributed by atoms with E-state index in [2.05, 4.69) is 75.2 Å². The van der Waals surface area contributed by atoms with Gasteiger partial charge in [0.1, 0.15) is 0 Å². The molecule has 0 radical (unpaired) electrons. The van der Waals surface area contributed by atoms with Crippen molar-refractivity contribution in [1.82, 2.24) is 14.4 Å². The number of para-hydroxylation sites is 1. The van der Waals surface area contributed by atoms with Gasteiger partial charge in [0.15, 0.2) is 0 Å². The third kappa shape index (κ3) is 5.08.